The molecule has 0 bridgehead atoms. The van der Waals surface area contributed by atoms with E-state index in [1.54, 1.807) is 18.2 Å². The molecular formula is C16H24FNO3. The average molecular weight is 297 g/mol. The Labute approximate surface area is 125 Å². The van der Waals surface area contributed by atoms with Crippen molar-refractivity contribution in [1.82, 2.24) is 4.90 Å². The molecule has 4 nitrogen and oxygen atoms in total. The summed E-state index contributed by atoms with van der Waals surface area (Å²) in [6, 6.07) is 6.52. The highest BCUT2D eigenvalue weighted by molar-refractivity contribution is 5.23. The van der Waals surface area contributed by atoms with E-state index in [2.05, 4.69) is 4.90 Å². The van der Waals surface area contributed by atoms with Crippen LogP contribution >= 0.6 is 0 Å². The van der Waals surface area contributed by atoms with Crippen LogP contribution in [0.1, 0.15) is 25.7 Å². The van der Waals surface area contributed by atoms with Crippen LogP contribution in [0.3, 0.4) is 0 Å². The molecule has 0 aliphatic carbocycles. The maximum absolute atomic E-state index is 13.4. The molecule has 0 amide bonds. The van der Waals surface area contributed by atoms with Crippen molar-refractivity contribution < 1.29 is 19.3 Å². The standard InChI is InChI=1S/C16H24FNO3/c17-15-6-1-2-7-16(15)21-12-14(20)11-18-9-4-3-5-13(18)8-10-19/h1-2,6-7,13-14,19-20H,3-5,8-12H2. The second kappa shape index (κ2) is 8.32. The summed E-state index contributed by atoms with van der Waals surface area (Å²) in [5.41, 5.74) is 0. The normalized spacial score (nSPS) is 21.2. The Hall–Kier alpha value is -1.17. The van der Waals surface area contributed by atoms with Gasteiger partial charge in [-0.05, 0) is 37.9 Å². The third-order valence-corrected chi connectivity index (χ3v) is 3.92. The van der Waals surface area contributed by atoms with Crippen LogP contribution in [0, 0.1) is 5.82 Å². The van der Waals surface area contributed by atoms with Crippen molar-refractivity contribution in [3.05, 3.63) is 30.1 Å². The van der Waals surface area contributed by atoms with Crippen molar-refractivity contribution in [2.45, 2.75) is 37.8 Å². The van der Waals surface area contributed by atoms with Gasteiger partial charge in [0.15, 0.2) is 11.6 Å². The largest absolute Gasteiger partial charge is 0.488 e. The van der Waals surface area contributed by atoms with Gasteiger partial charge < -0.3 is 14.9 Å². The third-order valence-electron chi connectivity index (χ3n) is 3.92. The van der Waals surface area contributed by atoms with E-state index in [9.17, 15) is 9.50 Å². The maximum Gasteiger partial charge on any atom is 0.165 e. The number of rotatable bonds is 7. The SMILES string of the molecule is OCCC1CCCCN1CC(O)COc1ccccc1F. The van der Waals surface area contributed by atoms with E-state index in [1.807, 2.05) is 0 Å². The molecule has 1 aromatic carbocycles. The minimum Gasteiger partial charge on any atom is -0.488 e. The van der Waals surface area contributed by atoms with Crippen LogP contribution in [0.25, 0.3) is 0 Å². The molecule has 2 N–H and O–H groups in total. The van der Waals surface area contributed by atoms with E-state index >= 15 is 0 Å². The molecule has 0 spiro atoms. The van der Waals surface area contributed by atoms with Gasteiger partial charge in [0.05, 0.1) is 0 Å². The minimum absolute atomic E-state index is 0.0727. The van der Waals surface area contributed by atoms with Gasteiger partial charge in [-0.15, -0.1) is 0 Å². The molecule has 0 radical (unpaired) electrons. The van der Waals surface area contributed by atoms with Crippen LogP contribution < -0.4 is 4.74 Å². The predicted octanol–water partition coefficient (Wildman–Crippen LogP) is 1.80. The highest BCUT2D eigenvalue weighted by Crippen LogP contribution is 2.20. The molecule has 21 heavy (non-hydrogen) atoms. The molecule has 0 aromatic heterocycles. The summed E-state index contributed by atoms with van der Waals surface area (Å²) in [7, 11) is 0. The summed E-state index contributed by atoms with van der Waals surface area (Å²) in [5, 5.41) is 19.2. The minimum atomic E-state index is -0.663. The lowest BCUT2D eigenvalue weighted by atomic mass is 9.99. The van der Waals surface area contributed by atoms with E-state index in [-0.39, 0.29) is 19.0 Å². The molecule has 1 fully saturated rings. The Morgan fingerprint density at radius 3 is 2.90 bits per heavy atom. The number of hydrogen-bond donors (Lipinski definition) is 2. The van der Waals surface area contributed by atoms with Crippen molar-refractivity contribution in [1.29, 1.82) is 0 Å². The molecule has 1 aliphatic heterocycles. The van der Waals surface area contributed by atoms with Crippen molar-refractivity contribution in [2.24, 2.45) is 0 Å². The summed E-state index contributed by atoms with van der Waals surface area (Å²) in [6.45, 7) is 1.67. The van der Waals surface area contributed by atoms with Gasteiger partial charge in [0.1, 0.15) is 12.7 Å². The first-order chi connectivity index (χ1) is 10.2. The van der Waals surface area contributed by atoms with Crippen LogP contribution in [0.2, 0.25) is 0 Å². The molecule has 1 heterocycles. The number of aliphatic hydroxyl groups excluding tert-OH is 2. The van der Waals surface area contributed by atoms with Gasteiger partial charge in [0, 0.05) is 19.2 Å². The number of β-amino-alcohol motifs (C(OH)–C–C–N with tert-alkyl or cyclic N) is 1. The van der Waals surface area contributed by atoms with E-state index in [0.717, 1.165) is 25.8 Å². The molecule has 1 aromatic rings. The van der Waals surface area contributed by atoms with E-state index < -0.39 is 11.9 Å². The number of hydrogen-bond acceptors (Lipinski definition) is 4. The molecule has 2 rings (SSSR count). The van der Waals surface area contributed by atoms with Gasteiger partial charge in [-0.2, -0.15) is 0 Å². The molecule has 5 heteroatoms. The lowest BCUT2D eigenvalue weighted by Crippen LogP contribution is -2.45. The fourth-order valence-electron chi connectivity index (χ4n) is 2.85. The Morgan fingerprint density at radius 1 is 1.33 bits per heavy atom. The zero-order valence-electron chi connectivity index (χ0n) is 12.2. The van der Waals surface area contributed by atoms with Gasteiger partial charge in [-0.1, -0.05) is 18.6 Å². The number of nitrogens with zero attached hydrogens (tertiary/aromatic N) is 1. The van der Waals surface area contributed by atoms with Gasteiger partial charge in [-0.25, -0.2) is 4.39 Å². The number of halogens is 1. The lowest BCUT2D eigenvalue weighted by molar-refractivity contribution is 0.0324. The number of para-hydroxylation sites is 1. The molecule has 118 valence electrons. The first-order valence-electron chi connectivity index (χ1n) is 7.61. The number of aliphatic hydroxyl groups is 2. The second-order valence-electron chi connectivity index (χ2n) is 5.55. The van der Waals surface area contributed by atoms with Crippen molar-refractivity contribution in [3.63, 3.8) is 0 Å². The Kier molecular flexibility index (Phi) is 6.42. The highest BCUT2D eigenvalue weighted by atomic mass is 19.1. The monoisotopic (exact) mass is 297 g/mol. The van der Waals surface area contributed by atoms with Crippen LogP contribution in [-0.2, 0) is 0 Å². The fraction of sp³-hybridized carbons (Fsp3) is 0.625. The summed E-state index contributed by atoms with van der Waals surface area (Å²) in [5.74, 6) is -0.247. The smallest absolute Gasteiger partial charge is 0.165 e. The van der Waals surface area contributed by atoms with Gasteiger partial charge in [0.2, 0.25) is 0 Å². The van der Waals surface area contributed by atoms with E-state index in [1.165, 1.54) is 12.5 Å². The summed E-state index contributed by atoms with van der Waals surface area (Å²) in [4.78, 5) is 2.20. The van der Waals surface area contributed by atoms with Crippen LogP contribution in [0.4, 0.5) is 4.39 Å². The second-order valence-corrected chi connectivity index (χ2v) is 5.55. The summed E-state index contributed by atoms with van der Waals surface area (Å²) < 4.78 is 18.8. The first kappa shape index (κ1) is 16.2. The van der Waals surface area contributed by atoms with Crippen LogP contribution in [0.5, 0.6) is 5.75 Å². The van der Waals surface area contributed by atoms with Gasteiger partial charge in [0.25, 0.3) is 0 Å². The molecule has 0 saturated carbocycles. The number of piperidine rings is 1. The van der Waals surface area contributed by atoms with Crippen LogP contribution in [-0.4, -0.2) is 53.6 Å². The lowest BCUT2D eigenvalue weighted by Gasteiger charge is -2.36. The Bertz CT molecular complexity index is 428. The summed E-state index contributed by atoms with van der Waals surface area (Å²) >= 11 is 0. The van der Waals surface area contributed by atoms with Gasteiger partial charge >= 0.3 is 0 Å². The van der Waals surface area contributed by atoms with E-state index in [4.69, 9.17) is 9.84 Å². The van der Waals surface area contributed by atoms with Crippen LogP contribution in [0.15, 0.2) is 24.3 Å². The molecular weight excluding hydrogens is 273 g/mol. The fourth-order valence-corrected chi connectivity index (χ4v) is 2.85. The zero-order valence-corrected chi connectivity index (χ0v) is 12.2. The number of ether oxygens (including phenoxy) is 1. The van der Waals surface area contributed by atoms with Gasteiger partial charge in [-0.3, -0.25) is 4.90 Å². The highest BCUT2D eigenvalue weighted by Gasteiger charge is 2.24. The Balaban J connectivity index is 1.80. The maximum atomic E-state index is 13.4. The third kappa shape index (κ3) is 4.95. The number of likely N-dealkylation sites (tertiary alicyclic amines) is 1. The molecule has 1 aliphatic rings. The average Bonchev–Trinajstić information content (AvgIpc) is 2.49. The zero-order chi connectivity index (χ0) is 15.1. The molecule has 1 saturated heterocycles. The van der Waals surface area contributed by atoms with Crippen molar-refractivity contribution in [2.75, 3.05) is 26.3 Å². The molecule has 2 atom stereocenters. The van der Waals surface area contributed by atoms with Crippen molar-refractivity contribution >= 4 is 0 Å². The van der Waals surface area contributed by atoms with E-state index in [0.29, 0.717) is 12.6 Å². The number of benzene rings is 1. The Morgan fingerprint density at radius 2 is 2.14 bits per heavy atom. The summed E-state index contributed by atoms with van der Waals surface area (Å²) in [6.07, 6.45) is 3.41. The first-order valence-corrected chi connectivity index (χ1v) is 7.61. The van der Waals surface area contributed by atoms with Crippen molar-refractivity contribution in [3.8, 4) is 5.75 Å². The quantitative estimate of drug-likeness (QED) is 0.806. The molecule has 2 unspecified atom stereocenters. The topological polar surface area (TPSA) is 52.9 Å². The predicted molar refractivity (Wildman–Crippen MR) is 78.8 cm³/mol.